The van der Waals surface area contributed by atoms with Crippen LogP contribution in [0.5, 0.6) is 0 Å². The predicted octanol–water partition coefficient (Wildman–Crippen LogP) is 0.637. The highest BCUT2D eigenvalue weighted by molar-refractivity contribution is 5.72. The summed E-state index contributed by atoms with van der Waals surface area (Å²) in [6, 6.07) is 7.89. The van der Waals surface area contributed by atoms with Crippen LogP contribution in [0, 0.1) is 0 Å². The van der Waals surface area contributed by atoms with Gasteiger partial charge in [0.05, 0.1) is 12.7 Å². The van der Waals surface area contributed by atoms with Crippen molar-refractivity contribution >= 4 is 11.0 Å². The molecule has 0 aliphatic heterocycles. The van der Waals surface area contributed by atoms with Gasteiger partial charge in [-0.2, -0.15) is 5.10 Å². The minimum absolute atomic E-state index is 0.0778. The summed E-state index contributed by atoms with van der Waals surface area (Å²) < 4.78 is 3.18. The van der Waals surface area contributed by atoms with E-state index >= 15 is 0 Å². The fourth-order valence-corrected chi connectivity index (χ4v) is 2.16. The van der Waals surface area contributed by atoms with Crippen LogP contribution >= 0.6 is 0 Å². The first-order valence-corrected chi connectivity index (χ1v) is 6.34. The average Bonchev–Trinajstić information content (AvgIpc) is 2.85. The third-order valence-corrected chi connectivity index (χ3v) is 3.33. The zero-order valence-electron chi connectivity index (χ0n) is 11.2. The highest BCUT2D eigenvalue weighted by Gasteiger charge is 2.08. The number of fused-ring (bicyclic) bond motifs is 1. The summed E-state index contributed by atoms with van der Waals surface area (Å²) in [5, 5.41) is 4.59. The van der Waals surface area contributed by atoms with Crippen LogP contribution in [0.1, 0.15) is 11.1 Å². The van der Waals surface area contributed by atoms with Crippen molar-refractivity contribution in [1.29, 1.82) is 0 Å². The summed E-state index contributed by atoms with van der Waals surface area (Å²) in [6.45, 7) is 1.00. The molecule has 0 aliphatic rings. The number of rotatable bonds is 3. The van der Waals surface area contributed by atoms with Crippen molar-refractivity contribution in [3.05, 3.63) is 58.3 Å². The quantitative estimate of drug-likeness (QED) is 0.756. The molecule has 0 radical (unpaired) electrons. The van der Waals surface area contributed by atoms with Crippen molar-refractivity contribution in [3.63, 3.8) is 0 Å². The largest absolute Gasteiger partial charge is 0.326 e. The summed E-state index contributed by atoms with van der Waals surface area (Å²) in [6.07, 6.45) is 3.11. The smallest absolute Gasteiger partial charge is 0.264 e. The molecule has 0 saturated heterocycles. The second kappa shape index (κ2) is 4.90. The van der Waals surface area contributed by atoms with Gasteiger partial charge in [-0.15, -0.1) is 0 Å². The van der Waals surface area contributed by atoms with Gasteiger partial charge in [0, 0.05) is 13.6 Å². The fraction of sp³-hybridized carbons (Fsp3) is 0.214. The van der Waals surface area contributed by atoms with E-state index in [1.54, 1.807) is 28.8 Å². The van der Waals surface area contributed by atoms with Crippen molar-refractivity contribution in [1.82, 2.24) is 19.3 Å². The third kappa shape index (κ3) is 2.10. The van der Waals surface area contributed by atoms with Gasteiger partial charge in [-0.05, 0) is 11.1 Å². The van der Waals surface area contributed by atoms with E-state index in [1.807, 2.05) is 24.3 Å². The van der Waals surface area contributed by atoms with Gasteiger partial charge >= 0.3 is 0 Å². The molecule has 3 aromatic rings. The highest BCUT2D eigenvalue weighted by Crippen LogP contribution is 2.07. The number of nitrogens with zero attached hydrogens (tertiary/aromatic N) is 4. The number of nitrogens with two attached hydrogens (primary N) is 1. The van der Waals surface area contributed by atoms with Crippen molar-refractivity contribution in [2.45, 2.75) is 13.1 Å². The lowest BCUT2D eigenvalue weighted by Crippen LogP contribution is -2.21. The fourth-order valence-electron chi connectivity index (χ4n) is 2.16. The van der Waals surface area contributed by atoms with Gasteiger partial charge in [0.25, 0.3) is 5.56 Å². The topological polar surface area (TPSA) is 78.7 Å². The maximum atomic E-state index is 12.3. The van der Waals surface area contributed by atoms with Gasteiger partial charge in [0.2, 0.25) is 0 Å². The Morgan fingerprint density at radius 3 is 2.60 bits per heavy atom. The van der Waals surface area contributed by atoms with Crippen molar-refractivity contribution in [2.75, 3.05) is 0 Å². The van der Waals surface area contributed by atoms with Crippen LogP contribution < -0.4 is 11.3 Å². The van der Waals surface area contributed by atoms with Crippen molar-refractivity contribution in [3.8, 4) is 0 Å². The first-order valence-electron chi connectivity index (χ1n) is 6.34. The Kier molecular flexibility index (Phi) is 3.08. The second-order valence-corrected chi connectivity index (χ2v) is 4.70. The van der Waals surface area contributed by atoms with Crippen LogP contribution in [0.2, 0.25) is 0 Å². The average molecular weight is 269 g/mol. The highest BCUT2D eigenvalue weighted by atomic mass is 16.1. The van der Waals surface area contributed by atoms with Gasteiger partial charge < -0.3 is 5.73 Å². The van der Waals surface area contributed by atoms with Crippen LogP contribution in [0.25, 0.3) is 11.0 Å². The zero-order valence-corrected chi connectivity index (χ0v) is 11.2. The van der Waals surface area contributed by atoms with Gasteiger partial charge in [-0.3, -0.25) is 14.0 Å². The lowest BCUT2D eigenvalue weighted by molar-refractivity contribution is 0.737. The van der Waals surface area contributed by atoms with E-state index in [-0.39, 0.29) is 5.56 Å². The molecule has 0 unspecified atom stereocenters. The van der Waals surface area contributed by atoms with Gasteiger partial charge in [-0.1, -0.05) is 24.3 Å². The molecule has 6 heteroatoms. The van der Waals surface area contributed by atoms with E-state index in [1.165, 1.54) is 0 Å². The molecular weight excluding hydrogens is 254 g/mol. The molecule has 0 saturated carbocycles. The Morgan fingerprint density at radius 2 is 1.90 bits per heavy atom. The van der Waals surface area contributed by atoms with Gasteiger partial charge in [0.1, 0.15) is 11.7 Å². The molecule has 2 heterocycles. The molecule has 0 spiro atoms. The van der Waals surface area contributed by atoms with Crippen LogP contribution in [-0.4, -0.2) is 19.3 Å². The molecule has 3 rings (SSSR count). The van der Waals surface area contributed by atoms with Crippen molar-refractivity contribution < 1.29 is 0 Å². The van der Waals surface area contributed by atoms with E-state index in [0.29, 0.717) is 24.1 Å². The molecule has 20 heavy (non-hydrogen) atoms. The minimum atomic E-state index is -0.0778. The molecule has 102 valence electrons. The maximum absolute atomic E-state index is 12.3. The van der Waals surface area contributed by atoms with Crippen LogP contribution in [0.3, 0.4) is 0 Å². The van der Waals surface area contributed by atoms with Gasteiger partial charge in [-0.25, -0.2) is 4.98 Å². The van der Waals surface area contributed by atoms with Crippen molar-refractivity contribution in [2.24, 2.45) is 12.8 Å². The SMILES string of the molecule is Cn1ncc2c(=O)n(Cc3ccc(CN)cc3)cnc21. The number of hydrogen-bond acceptors (Lipinski definition) is 4. The number of aromatic nitrogens is 4. The Balaban J connectivity index is 1.97. The Hall–Kier alpha value is -2.47. The number of benzene rings is 1. The van der Waals surface area contributed by atoms with E-state index in [2.05, 4.69) is 10.1 Å². The summed E-state index contributed by atoms with van der Waals surface area (Å²) in [4.78, 5) is 16.6. The summed E-state index contributed by atoms with van der Waals surface area (Å²) in [7, 11) is 1.77. The predicted molar refractivity (Wildman–Crippen MR) is 76.2 cm³/mol. The summed E-state index contributed by atoms with van der Waals surface area (Å²) >= 11 is 0. The standard InChI is InChI=1S/C14H15N5O/c1-18-13-12(7-17-18)14(20)19(9-16-13)8-11-4-2-10(6-15)3-5-11/h2-5,7,9H,6,8,15H2,1H3. The van der Waals surface area contributed by atoms with E-state index in [0.717, 1.165) is 11.1 Å². The molecule has 0 aliphatic carbocycles. The van der Waals surface area contributed by atoms with Crippen LogP contribution in [0.4, 0.5) is 0 Å². The minimum Gasteiger partial charge on any atom is -0.326 e. The maximum Gasteiger partial charge on any atom is 0.264 e. The zero-order chi connectivity index (χ0) is 14.1. The first kappa shape index (κ1) is 12.6. The van der Waals surface area contributed by atoms with E-state index < -0.39 is 0 Å². The first-order chi connectivity index (χ1) is 9.69. The monoisotopic (exact) mass is 269 g/mol. The second-order valence-electron chi connectivity index (χ2n) is 4.70. The molecule has 2 aromatic heterocycles. The third-order valence-electron chi connectivity index (χ3n) is 3.33. The number of aryl methyl sites for hydroxylation is 1. The molecule has 0 bridgehead atoms. The van der Waals surface area contributed by atoms with E-state index in [9.17, 15) is 4.79 Å². The molecule has 0 fully saturated rings. The Bertz CT molecular complexity index is 801. The molecule has 1 aromatic carbocycles. The summed E-state index contributed by atoms with van der Waals surface area (Å²) in [5.74, 6) is 0. The summed E-state index contributed by atoms with van der Waals surface area (Å²) in [5.41, 5.74) is 8.20. The molecule has 6 nitrogen and oxygen atoms in total. The van der Waals surface area contributed by atoms with Crippen LogP contribution in [0.15, 0.2) is 41.6 Å². The molecular formula is C14H15N5O. The number of hydrogen-bond donors (Lipinski definition) is 1. The van der Waals surface area contributed by atoms with Gasteiger partial charge in [0.15, 0.2) is 5.65 Å². The molecule has 0 amide bonds. The lowest BCUT2D eigenvalue weighted by atomic mass is 10.1. The molecule has 2 N–H and O–H groups in total. The van der Waals surface area contributed by atoms with E-state index in [4.69, 9.17) is 5.73 Å². The lowest BCUT2D eigenvalue weighted by Gasteiger charge is -2.06. The normalized spacial score (nSPS) is 11.1. The molecule has 0 atom stereocenters. The van der Waals surface area contributed by atoms with Crippen LogP contribution in [-0.2, 0) is 20.1 Å². The Morgan fingerprint density at radius 1 is 1.20 bits per heavy atom. The Labute approximate surface area is 115 Å².